The number of anilines is 4. The molecule has 0 bridgehead atoms. The van der Waals surface area contributed by atoms with Crippen LogP contribution < -0.4 is 15.4 Å². The van der Waals surface area contributed by atoms with Crippen LogP contribution >= 0.6 is 0 Å². The van der Waals surface area contributed by atoms with Gasteiger partial charge in [-0.25, -0.2) is 0 Å². The number of nitrogens with one attached hydrogen (secondary N) is 3. The van der Waals surface area contributed by atoms with Crippen molar-refractivity contribution >= 4 is 34.2 Å². The molecule has 0 aliphatic heterocycles. The SMILES string of the molecule is CN(C)CCOc1ccc(Nc2nc(Nc3cccc(CC#N)c3)c3cc[nH]c3n2)cc1. The van der Waals surface area contributed by atoms with Gasteiger partial charge in [0.1, 0.15) is 23.8 Å². The molecule has 0 spiro atoms. The van der Waals surface area contributed by atoms with Gasteiger partial charge in [-0.15, -0.1) is 0 Å². The molecule has 8 nitrogen and oxygen atoms in total. The van der Waals surface area contributed by atoms with Gasteiger partial charge in [0.25, 0.3) is 0 Å². The van der Waals surface area contributed by atoms with E-state index in [0.29, 0.717) is 24.8 Å². The van der Waals surface area contributed by atoms with Crippen LogP contribution in [0, 0.1) is 11.3 Å². The van der Waals surface area contributed by atoms with Crippen LogP contribution in [0.3, 0.4) is 0 Å². The number of aromatic nitrogens is 3. The van der Waals surface area contributed by atoms with Crippen LogP contribution in [0.4, 0.5) is 23.1 Å². The number of hydrogen-bond donors (Lipinski definition) is 3. The molecular formula is C24H25N7O. The number of ether oxygens (including phenoxy) is 1. The van der Waals surface area contributed by atoms with Crippen LogP contribution in [0.5, 0.6) is 5.75 Å². The number of H-pyrrole nitrogens is 1. The Kier molecular flexibility index (Phi) is 6.49. The molecule has 0 unspecified atom stereocenters. The molecule has 0 radical (unpaired) electrons. The predicted octanol–water partition coefficient (Wildman–Crippen LogP) is 4.45. The fourth-order valence-electron chi connectivity index (χ4n) is 3.19. The molecule has 0 amide bonds. The lowest BCUT2D eigenvalue weighted by molar-refractivity contribution is 0.261. The Balaban J connectivity index is 1.52. The summed E-state index contributed by atoms with van der Waals surface area (Å²) in [6, 6.07) is 19.6. The van der Waals surface area contributed by atoms with Crippen molar-refractivity contribution in [1.29, 1.82) is 5.26 Å². The third-order valence-corrected chi connectivity index (χ3v) is 4.81. The van der Waals surface area contributed by atoms with E-state index in [1.165, 1.54) is 0 Å². The first-order valence-corrected chi connectivity index (χ1v) is 10.3. The van der Waals surface area contributed by atoms with E-state index in [-0.39, 0.29) is 0 Å². The summed E-state index contributed by atoms with van der Waals surface area (Å²) < 4.78 is 5.75. The minimum absolute atomic E-state index is 0.362. The summed E-state index contributed by atoms with van der Waals surface area (Å²) >= 11 is 0. The molecule has 0 aliphatic rings. The van der Waals surface area contributed by atoms with Crippen molar-refractivity contribution in [3.05, 3.63) is 66.4 Å². The van der Waals surface area contributed by atoms with E-state index >= 15 is 0 Å². The van der Waals surface area contributed by atoms with Crippen LogP contribution in [0.15, 0.2) is 60.8 Å². The van der Waals surface area contributed by atoms with E-state index in [4.69, 9.17) is 10.00 Å². The Morgan fingerprint density at radius 2 is 1.88 bits per heavy atom. The maximum Gasteiger partial charge on any atom is 0.231 e. The summed E-state index contributed by atoms with van der Waals surface area (Å²) in [5.74, 6) is 1.96. The fourth-order valence-corrected chi connectivity index (χ4v) is 3.19. The first kappa shape index (κ1) is 21.2. The second kappa shape index (κ2) is 9.81. The first-order chi connectivity index (χ1) is 15.6. The first-order valence-electron chi connectivity index (χ1n) is 10.3. The normalized spacial score (nSPS) is 10.8. The van der Waals surface area contributed by atoms with Crippen LogP contribution in [0.1, 0.15) is 5.56 Å². The number of aromatic amines is 1. The van der Waals surface area contributed by atoms with E-state index in [1.54, 1.807) is 0 Å². The summed E-state index contributed by atoms with van der Waals surface area (Å²) in [5.41, 5.74) is 3.40. The summed E-state index contributed by atoms with van der Waals surface area (Å²) in [6.07, 6.45) is 2.20. The van der Waals surface area contributed by atoms with Gasteiger partial charge in [-0.2, -0.15) is 15.2 Å². The highest BCUT2D eigenvalue weighted by Crippen LogP contribution is 2.27. The van der Waals surface area contributed by atoms with Gasteiger partial charge in [-0.1, -0.05) is 12.1 Å². The van der Waals surface area contributed by atoms with Gasteiger partial charge in [0.15, 0.2) is 0 Å². The zero-order chi connectivity index (χ0) is 22.3. The number of fused-ring (bicyclic) bond motifs is 1. The zero-order valence-electron chi connectivity index (χ0n) is 18.1. The van der Waals surface area contributed by atoms with Gasteiger partial charge in [0, 0.05) is 24.1 Å². The Labute approximate surface area is 186 Å². The number of hydrogen-bond acceptors (Lipinski definition) is 7. The smallest absolute Gasteiger partial charge is 0.231 e. The predicted molar refractivity (Wildman–Crippen MR) is 127 cm³/mol. The maximum absolute atomic E-state index is 8.96. The van der Waals surface area contributed by atoms with Crippen molar-refractivity contribution in [2.45, 2.75) is 6.42 Å². The van der Waals surface area contributed by atoms with Gasteiger partial charge >= 0.3 is 0 Å². The van der Waals surface area contributed by atoms with Crippen LogP contribution in [0.2, 0.25) is 0 Å². The minimum Gasteiger partial charge on any atom is -0.492 e. The molecule has 0 atom stereocenters. The maximum atomic E-state index is 8.96. The van der Waals surface area contributed by atoms with Crippen molar-refractivity contribution in [2.75, 3.05) is 37.9 Å². The van der Waals surface area contributed by atoms with Gasteiger partial charge in [0.2, 0.25) is 5.95 Å². The molecule has 4 aromatic rings. The number of nitriles is 1. The molecule has 4 rings (SSSR count). The molecule has 0 saturated carbocycles. The number of nitrogens with zero attached hydrogens (tertiary/aromatic N) is 4. The third kappa shape index (κ3) is 5.33. The van der Waals surface area contributed by atoms with Crippen molar-refractivity contribution in [3.8, 4) is 11.8 Å². The van der Waals surface area contributed by atoms with Crippen molar-refractivity contribution in [2.24, 2.45) is 0 Å². The Hall–Kier alpha value is -4.09. The van der Waals surface area contributed by atoms with Crippen molar-refractivity contribution in [1.82, 2.24) is 19.9 Å². The zero-order valence-corrected chi connectivity index (χ0v) is 18.1. The molecule has 2 aromatic heterocycles. The monoisotopic (exact) mass is 427 g/mol. The van der Waals surface area contributed by atoms with E-state index in [0.717, 1.165) is 40.3 Å². The number of rotatable bonds is 9. The molecule has 8 heteroatoms. The second-order valence-electron chi connectivity index (χ2n) is 7.60. The number of benzene rings is 2. The molecule has 3 N–H and O–H groups in total. The van der Waals surface area contributed by atoms with Crippen LogP contribution in [-0.2, 0) is 6.42 Å². The highest BCUT2D eigenvalue weighted by atomic mass is 16.5. The minimum atomic E-state index is 0.362. The topological polar surface area (TPSA) is 102 Å². The lowest BCUT2D eigenvalue weighted by atomic mass is 10.1. The third-order valence-electron chi connectivity index (χ3n) is 4.81. The Bertz CT molecular complexity index is 1230. The van der Waals surface area contributed by atoms with E-state index < -0.39 is 0 Å². The van der Waals surface area contributed by atoms with E-state index in [2.05, 4.69) is 36.6 Å². The molecule has 2 aromatic carbocycles. The summed E-state index contributed by atoms with van der Waals surface area (Å²) in [6.45, 7) is 1.50. The second-order valence-corrected chi connectivity index (χ2v) is 7.60. The highest BCUT2D eigenvalue weighted by molar-refractivity contribution is 5.90. The number of likely N-dealkylation sites (N-methyl/N-ethyl adjacent to an activating group) is 1. The molecule has 32 heavy (non-hydrogen) atoms. The molecule has 0 saturated heterocycles. The molecule has 0 fully saturated rings. The van der Waals surface area contributed by atoms with E-state index in [1.807, 2.05) is 74.9 Å². The average molecular weight is 428 g/mol. The summed E-state index contributed by atoms with van der Waals surface area (Å²) in [5, 5.41) is 16.5. The van der Waals surface area contributed by atoms with E-state index in [9.17, 15) is 0 Å². The molecule has 2 heterocycles. The summed E-state index contributed by atoms with van der Waals surface area (Å²) in [7, 11) is 4.03. The molecule has 162 valence electrons. The molecule has 0 aliphatic carbocycles. The Morgan fingerprint density at radius 3 is 2.66 bits per heavy atom. The lowest BCUT2D eigenvalue weighted by Gasteiger charge is -2.12. The molecular weight excluding hydrogens is 402 g/mol. The largest absolute Gasteiger partial charge is 0.492 e. The standard InChI is InChI=1S/C24H25N7O/c1-31(2)14-15-32-20-8-6-18(7-9-20)28-24-29-22-21(11-13-26-22)23(30-24)27-19-5-3-4-17(16-19)10-12-25/h3-9,11,13,16H,10,14-15H2,1-2H3,(H3,26,27,28,29,30). The van der Waals surface area contributed by atoms with Gasteiger partial charge < -0.3 is 25.3 Å². The lowest BCUT2D eigenvalue weighted by Crippen LogP contribution is -2.19. The van der Waals surface area contributed by atoms with Gasteiger partial charge in [-0.05, 0) is 62.1 Å². The van der Waals surface area contributed by atoms with Gasteiger partial charge in [0.05, 0.1) is 17.9 Å². The van der Waals surface area contributed by atoms with Crippen LogP contribution in [-0.4, -0.2) is 47.1 Å². The van der Waals surface area contributed by atoms with Crippen molar-refractivity contribution < 1.29 is 4.74 Å². The van der Waals surface area contributed by atoms with Crippen molar-refractivity contribution in [3.63, 3.8) is 0 Å². The van der Waals surface area contributed by atoms with Gasteiger partial charge in [-0.3, -0.25) is 0 Å². The van der Waals surface area contributed by atoms with Crippen LogP contribution in [0.25, 0.3) is 11.0 Å². The highest BCUT2D eigenvalue weighted by Gasteiger charge is 2.10. The fraction of sp³-hybridized carbons (Fsp3) is 0.208. The average Bonchev–Trinajstić information content (AvgIpc) is 3.24. The Morgan fingerprint density at radius 1 is 1.03 bits per heavy atom. The quantitative estimate of drug-likeness (QED) is 0.363. The summed E-state index contributed by atoms with van der Waals surface area (Å²) in [4.78, 5) is 14.5.